The van der Waals surface area contributed by atoms with Crippen LogP contribution in [-0.2, 0) is 4.79 Å². The van der Waals surface area contributed by atoms with Crippen LogP contribution < -0.4 is 10.7 Å². The Hall–Kier alpha value is -3.09. The largest absolute Gasteiger partial charge is 0.507 e. The van der Waals surface area contributed by atoms with E-state index in [1.807, 2.05) is 0 Å². The summed E-state index contributed by atoms with van der Waals surface area (Å²) in [5.74, 6) is -0.802. The highest BCUT2D eigenvalue weighted by molar-refractivity contribution is 5.94. The predicted molar refractivity (Wildman–Crippen MR) is 74.9 cm³/mol. The van der Waals surface area contributed by atoms with Gasteiger partial charge in [0.05, 0.1) is 19.0 Å². The van der Waals surface area contributed by atoms with Gasteiger partial charge in [-0.2, -0.15) is 5.10 Å². The first-order chi connectivity index (χ1) is 10.2. The summed E-state index contributed by atoms with van der Waals surface area (Å²) >= 11 is 0. The standard InChI is InChI=1S/C14H13N3O4/c18-11-5-2-1-4-10(11)8-16-17-13(19)9-15-14(20)12-6-3-7-21-12/h1-8,18H,9H2,(H,15,20)(H,17,19)/b16-8-. The molecule has 7 heteroatoms. The topological polar surface area (TPSA) is 104 Å². The molecule has 21 heavy (non-hydrogen) atoms. The zero-order chi connectivity index (χ0) is 15.1. The van der Waals surface area contributed by atoms with Gasteiger partial charge in [-0.05, 0) is 24.3 Å². The molecule has 0 saturated carbocycles. The summed E-state index contributed by atoms with van der Waals surface area (Å²) < 4.78 is 4.88. The molecule has 0 aliphatic rings. The smallest absolute Gasteiger partial charge is 0.287 e. The number of phenolic OH excluding ortho intramolecular Hbond substituents is 1. The number of para-hydroxylation sites is 1. The molecular formula is C14H13N3O4. The molecule has 3 N–H and O–H groups in total. The van der Waals surface area contributed by atoms with Gasteiger partial charge in [-0.1, -0.05) is 12.1 Å². The lowest BCUT2D eigenvalue weighted by atomic mass is 10.2. The SMILES string of the molecule is O=C(CNC(=O)c1ccco1)N/N=C\c1ccccc1O. The molecule has 1 aromatic carbocycles. The Balaban J connectivity index is 1.78. The van der Waals surface area contributed by atoms with Crippen molar-refractivity contribution in [3.63, 3.8) is 0 Å². The van der Waals surface area contributed by atoms with Gasteiger partial charge in [0, 0.05) is 5.56 Å². The second-order valence-electron chi connectivity index (χ2n) is 4.01. The third-order valence-corrected chi connectivity index (χ3v) is 2.48. The second-order valence-corrected chi connectivity index (χ2v) is 4.01. The Kier molecular flexibility index (Phi) is 4.70. The van der Waals surface area contributed by atoms with E-state index in [4.69, 9.17) is 4.42 Å². The number of nitrogens with one attached hydrogen (secondary N) is 2. The van der Waals surface area contributed by atoms with Crippen molar-refractivity contribution in [3.8, 4) is 5.75 Å². The predicted octanol–water partition coefficient (Wildman–Crippen LogP) is 0.865. The molecule has 2 aromatic rings. The van der Waals surface area contributed by atoms with Crippen molar-refractivity contribution in [2.24, 2.45) is 5.10 Å². The first kappa shape index (κ1) is 14.3. The monoisotopic (exact) mass is 287 g/mol. The molecule has 0 saturated heterocycles. The van der Waals surface area contributed by atoms with Crippen molar-refractivity contribution in [2.45, 2.75) is 0 Å². The fraction of sp³-hybridized carbons (Fsp3) is 0.0714. The van der Waals surface area contributed by atoms with Crippen LogP contribution in [0.1, 0.15) is 16.1 Å². The van der Waals surface area contributed by atoms with E-state index in [1.54, 1.807) is 24.3 Å². The van der Waals surface area contributed by atoms with Gasteiger partial charge in [0.25, 0.3) is 11.8 Å². The number of carbonyl (C=O) groups excluding carboxylic acids is 2. The molecule has 0 radical (unpaired) electrons. The van der Waals surface area contributed by atoms with E-state index in [9.17, 15) is 14.7 Å². The minimum Gasteiger partial charge on any atom is -0.507 e. The highest BCUT2D eigenvalue weighted by Gasteiger charge is 2.09. The first-order valence-corrected chi connectivity index (χ1v) is 6.08. The summed E-state index contributed by atoms with van der Waals surface area (Å²) in [5, 5.41) is 15.5. The minimum absolute atomic E-state index is 0.0571. The molecular weight excluding hydrogens is 274 g/mol. The van der Waals surface area contributed by atoms with Gasteiger partial charge in [0.1, 0.15) is 5.75 Å². The van der Waals surface area contributed by atoms with Gasteiger partial charge in [-0.25, -0.2) is 5.43 Å². The molecule has 108 valence electrons. The molecule has 0 spiro atoms. The number of furan rings is 1. The molecule has 2 rings (SSSR count). The Labute approximate surface area is 120 Å². The fourth-order valence-corrected chi connectivity index (χ4v) is 1.47. The van der Waals surface area contributed by atoms with E-state index in [-0.39, 0.29) is 18.1 Å². The van der Waals surface area contributed by atoms with Crippen LogP contribution in [0.15, 0.2) is 52.2 Å². The minimum atomic E-state index is -0.499. The average Bonchev–Trinajstić information content (AvgIpc) is 3.01. The van der Waals surface area contributed by atoms with Crippen LogP contribution in [0.4, 0.5) is 0 Å². The Bertz CT molecular complexity index is 650. The van der Waals surface area contributed by atoms with Crippen LogP contribution in [0, 0.1) is 0 Å². The molecule has 0 bridgehead atoms. The quantitative estimate of drug-likeness (QED) is 0.560. The number of amides is 2. The molecule has 0 unspecified atom stereocenters. The van der Waals surface area contributed by atoms with Crippen molar-refractivity contribution in [1.82, 2.24) is 10.7 Å². The highest BCUT2D eigenvalue weighted by Crippen LogP contribution is 2.12. The molecule has 0 aliphatic heterocycles. The number of hydrogen-bond donors (Lipinski definition) is 3. The van der Waals surface area contributed by atoms with Crippen LogP contribution in [0.25, 0.3) is 0 Å². The summed E-state index contributed by atoms with van der Waals surface area (Å²) in [5.41, 5.74) is 2.70. The van der Waals surface area contributed by atoms with E-state index in [1.165, 1.54) is 24.6 Å². The average molecular weight is 287 g/mol. The number of phenols is 1. The van der Waals surface area contributed by atoms with Crippen LogP contribution in [0.2, 0.25) is 0 Å². The number of hydrogen-bond acceptors (Lipinski definition) is 5. The lowest BCUT2D eigenvalue weighted by molar-refractivity contribution is -0.120. The van der Waals surface area contributed by atoms with Crippen molar-refractivity contribution in [2.75, 3.05) is 6.54 Å². The first-order valence-electron chi connectivity index (χ1n) is 6.08. The third kappa shape index (κ3) is 4.20. The van der Waals surface area contributed by atoms with E-state index in [2.05, 4.69) is 15.8 Å². The van der Waals surface area contributed by atoms with E-state index >= 15 is 0 Å². The van der Waals surface area contributed by atoms with Crippen LogP contribution in [-0.4, -0.2) is 29.7 Å². The molecule has 0 atom stereocenters. The maximum Gasteiger partial charge on any atom is 0.287 e. The van der Waals surface area contributed by atoms with Crippen molar-refractivity contribution in [1.29, 1.82) is 0 Å². The van der Waals surface area contributed by atoms with Gasteiger partial charge in [-0.3, -0.25) is 9.59 Å². The zero-order valence-electron chi connectivity index (χ0n) is 10.9. The van der Waals surface area contributed by atoms with E-state index in [0.29, 0.717) is 5.56 Å². The summed E-state index contributed by atoms with van der Waals surface area (Å²) in [6, 6.07) is 9.62. The van der Waals surface area contributed by atoms with E-state index in [0.717, 1.165) is 0 Å². The van der Waals surface area contributed by atoms with Crippen LogP contribution in [0.5, 0.6) is 5.75 Å². The third-order valence-electron chi connectivity index (χ3n) is 2.48. The van der Waals surface area contributed by atoms with Gasteiger partial charge >= 0.3 is 0 Å². The number of carbonyl (C=O) groups is 2. The van der Waals surface area contributed by atoms with Crippen LogP contribution in [0.3, 0.4) is 0 Å². The Morgan fingerprint density at radius 3 is 2.76 bits per heavy atom. The van der Waals surface area contributed by atoms with Crippen molar-refractivity contribution < 1.29 is 19.1 Å². The fourth-order valence-electron chi connectivity index (χ4n) is 1.47. The van der Waals surface area contributed by atoms with Gasteiger partial charge < -0.3 is 14.8 Å². The summed E-state index contributed by atoms with van der Waals surface area (Å²) in [4.78, 5) is 23.0. The maximum atomic E-state index is 11.5. The van der Waals surface area contributed by atoms with Gasteiger partial charge in [0.2, 0.25) is 0 Å². The number of benzene rings is 1. The Morgan fingerprint density at radius 1 is 1.24 bits per heavy atom. The second kappa shape index (κ2) is 6.90. The molecule has 7 nitrogen and oxygen atoms in total. The van der Waals surface area contributed by atoms with Crippen molar-refractivity contribution >= 4 is 18.0 Å². The highest BCUT2D eigenvalue weighted by atomic mass is 16.3. The summed E-state index contributed by atoms with van der Waals surface area (Å²) in [6.45, 7) is -0.238. The summed E-state index contributed by atoms with van der Waals surface area (Å²) in [6.07, 6.45) is 2.67. The lowest BCUT2D eigenvalue weighted by Crippen LogP contribution is -2.34. The maximum absolute atomic E-state index is 11.5. The zero-order valence-corrected chi connectivity index (χ0v) is 10.9. The van der Waals surface area contributed by atoms with Crippen LogP contribution >= 0.6 is 0 Å². The van der Waals surface area contributed by atoms with E-state index < -0.39 is 11.8 Å². The Morgan fingerprint density at radius 2 is 2.05 bits per heavy atom. The van der Waals surface area contributed by atoms with Gasteiger partial charge in [0.15, 0.2) is 5.76 Å². The van der Waals surface area contributed by atoms with Crippen molar-refractivity contribution in [3.05, 3.63) is 54.0 Å². The summed E-state index contributed by atoms with van der Waals surface area (Å²) in [7, 11) is 0. The lowest BCUT2D eigenvalue weighted by Gasteiger charge is -2.02. The molecule has 0 fully saturated rings. The molecule has 0 aliphatic carbocycles. The normalized spacial score (nSPS) is 10.5. The number of rotatable bonds is 5. The molecule has 1 aromatic heterocycles. The number of aromatic hydroxyl groups is 1. The number of nitrogens with zero attached hydrogens (tertiary/aromatic N) is 1. The molecule has 2 amide bonds. The van der Waals surface area contributed by atoms with Gasteiger partial charge in [-0.15, -0.1) is 0 Å². The molecule has 1 heterocycles. The number of hydrazone groups is 1.